The van der Waals surface area contributed by atoms with Crippen LogP contribution in [0.1, 0.15) is 24.0 Å². The van der Waals surface area contributed by atoms with Crippen LogP contribution in [0.2, 0.25) is 0 Å². The van der Waals surface area contributed by atoms with Crippen molar-refractivity contribution in [3.8, 4) is 0 Å². The van der Waals surface area contributed by atoms with Gasteiger partial charge < -0.3 is 10.3 Å². The van der Waals surface area contributed by atoms with E-state index in [1.165, 1.54) is 22.1 Å². The van der Waals surface area contributed by atoms with Crippen LogP contribution >= 0.6 is 15.9 Å². The minimum absolute atomic E-state index is 0.494. The Morgan fingerprint density at radius 1 is 1.08 bits per heavy atom. The van der Waals surface area contributed by atoms with Crippen LogP contribution in [0.3, 0.4) is 0 Å². The fourth-order valence-corrected chi connectivity index (χ4v) is 3.93. The lowest BCUT2D eigenvalue weighted by Gasteiger charge is -2.23. The first kappa shape index (κ1) is 16.4. The molecule has 0 bridgehead atoms. The van der Waals surface area contributed by atoms with Crippen LogP contribution in [-0.4, -0.2) is 17.6 Å². The van der Waals surface area contributed by atoms with Gasteiger partial charge in [-0.15, -0.1) is 0 Å². The second-order valence-electron chi connectivity index (χ2n) is 6.45. The van der Waals surface area contributed by atoms with Gasteiger partial charge in [-0.05, 0) is 57.6 Å². The highest BCUT2D eigenvalue weighted by Crippen LogP contribution is 2.27. The van der Waals surface area contributed by atoms with E-state index >= 15 is 0 Å². The standard InChI is InChI=1S/C22H21BrN2/c23-21-10-9-17(20-12-14-25-22(20)21)7-4-8-19-15-18(11-13-24-19)16-5-2-1-3-6-16/h1-7,9-12,14,19,24-25H,8,13,15H2/b7-4+. The van der Waals surface area contributed by atoms with Crippen molar-refractivity contribution in [2.24, 2.45) is 0 Å². The molecule has 2 heterocycles. The monoisotopic (exact) mass is 392 g/mol. The fraction of sp³-hybridized carbons (Fsp3) is 0.182. The van der Waals surface area contributed by atoms with Crippen LogP contribution in [0.25, 0.3) is 22.6 Å². The molecule has 1 unspecified atom stereocenters. The van der Waals surface area contributed by atoms with Crippen LogP contribution in [0, 0.1) is 0 Å². The molecular weight excluding hydrogens is 372 g/mol. The normalized spacial score (nSPS) is 18.0. The number of nitrogens with one attached hydrogen (secondary N) is 2. The number of fused-ring (bicyclic) bond motifs is 1. The summed E-state index contributed by atoms with van der Waals surface area (Å²) in [6.45, 7) is 0.947. The van der Waals surface area contributed by atoms with Gasteiger partial charge in [0.1, 0.15) is 0 Å². The number of benzene rings is 2. The van der Waals surface area contributed by atoms with Crippen molar-refractivity contribution in [2.75, 3.05) is 6.54 Å². The van der Waals surface area contributed by atoms with Gasteiger partial charge in [0.05, 0.1) is 5.52 Å². The Morgan fingerprint density at radius 3 is 2.84 bits per heavy atom. The average Bonchev–Trinajstić information content (AvgIpc) is 3.16. The highest BCUT2D eigenvalue weighted by molar-refractivity contribution is 9.10. The van der Waals surface area contributed by atoms with Gasteiger partial charge in [0.2, 0.25) is 0 Å². The maximum absolute atomic E-state index is 3.61. The van der Waals surface area contributed by atoms with Crippen molar-refractivity contribution in [1.29, 1.82) is 0 Å². The molecule has 3 aromatic rings. The van der Waals surface area contributed by atoms with Gasteiger partial charge in [-0.25, -0.2) is 0 Å². The summed E-state index contributed by atoms with van der Waals surface area (Å²) in [5.74, 6) is 0. The third-order valence-electron chi connectivity index (χ3n) is 4.79. The first-order valence-electron chi connectivity index (χ1n) is 8.71. The molecule has 0 aliphatic carbocycles. The zero-order valence-corrected chi connectivity index (χ0v) is 15.6. The lowest BCUT2D eigenvalue weighted by molar-refractivity contribution is 0.542. The Morgan fingerprint density at radius 2 is 1.96 bits per heavy atom. The van der Waals surface area contributed by atoms with Crippen LogP contribution in [0.4, 0.5) is 0 Å². The van der Waals surface area contributed by atoms with Crippen molar-refractivity contribution < 1.29 is 0 Å². The van der Waals surface area contributed by atoms with Crippen LogP contribution in [0.5, 0.6) is 0 Å². The first-order valence-corrected chi connectivity index (χ1v) is 9.50. The zero-order chi connectivity index (χ0) is 17.1. The molecule has 0 saturated carbocycles. The summed E-state index contributed by atoms with van der Waals surface area (Å²) in [5.41, 5.74) is 5.22. The number of aromatic amines is 1. The van der Waals surface area contributed by atoms with Crippen LogP contribution < -0.4 is 5.32 Å². The van der Waals surface area contributed by atoms with Gasteiger partial charge in [-0.2, -0.15) is 0 Å². The fourth-order valence-electron chi connectivity index (χ4n) is 3.47. The van der Waals surface area contributed by atoms with E-state index in [-0.39, 0.29) is 0 Å². The second-order valence-corrected chi connectivity index (χ2v) is 7.30. The number of hydrogen-bond donors (Lipinski definition) is 2. The zero-order valence-electron chi connectivity index (χ0n) is 14.0. The minimum atomic E-state index is 0.494. The van der Waals surface area contributed by atoms with Gasteiger partial charge in [-0.1, -0.05) is 54.6 Å². The summed E-state index contributed by atoms with van der Waals surface area (Å²) >= 11 is 3.60. The molecule has 3 heteroatoms. The predicted molar refractivity (Wildman–Crippen MR) is 110 cm³/mol. The molecule has 2 aromatic carbocycles. The number of halogens is 1. The maximum atomic E-state index is 3.61. The largest absolute Gasteiger partial charge is 0.360 e. The van der Waals surface area contributed by atoms with E-state index in [2.05, 4.69) is 93.0 Å². The number of rotatable bonds is 4. The van der Waals surface area contributed by atoms with E-state index in [9.17, 15) is 0 Å². The van der Waals surface area contributed by atoms with Gasteiger partial charge in [-0.3, -0.25) is 0 Å². The Kier molecular flexibility index (Phi) is 4.86. The van der Waals surface area contributed by atoms with Crippen LogP contribution in [0.15, 0.2) is 71.4 Å². The number of hydrogen-bond acceptors (Lipinski definition) is 1. The molecule has 126 valence electrons. The molecule has 0 fully saturated rings. The number of aromatic nitrogens is 1. The van der Waals surface area contributed by atoms with Crippen molar-refractivity contribution in [3.05, 3.63) is 82.5 Å². The molecule has 0 spiro atoms. The molecule has 1 atom stereocenters. The SMILES string of the molecule is Brc1ccc(/C=C/CC2CC(c3ccccc3)=CCN2)c2cc[nH]c12. The summed E-state index contributed by atoms with van der Waals surface area (Å²) in [5, 5.41) is 4.86. The summed E-state index contributed by atoms with van der Waals surface area (Å²) in [6.07, 6.45) is 11.0. The van der Waals surface area contributed by atoms with Crippen molar-refractivity contribution in [3.63, 3.8) is 0 Å². The lowest BCUT2D eigenvalue weighted by atomic mass is 9.93. The second kappa shape index (κ2) is 7.42. The van der Waals surface area contributed by atoms with Crippen molar-refractivity contribution >= 4 is 38.5 Å². The molecule has 2 N–H and O–H groups in total. The van der Waals surface area contributed by atoms with E-state index in [1.54, 1.807) is 0 Å². The van der Waals surface area contributed by atoms with Crippen LogP contribution in [-0.2, 0) is 0 Å². The third-order valence-corrected chi connectivity index (χ3v) is 5.45. The smallest absolute Gasteiger partial charge is 0.0604 e. The molecule has 1 aromatic heterocycles. The maximum Gasteiger partial charge on any atom is 0.0604 e. The predicted octanol–water partition coefficient (Wildman–Crippen LogP) is 5.78. The number of H-pyrrole nitrogens is 1. The summed E-state index contributed by atoms with van der Waals surface area (Å²) in [7, 11) is 0. The first-order chi connectivity index (χ1) is 12.3. The summed E-state index contributed by atoms with van der Waals surface area (Å²) in [4.78, 5) is 3.29. The third kappa shape index (κ3) is 3.63. The van der Waals surface area contributed by atoms with E-state index in [0.717, 1.165) is 29.4 Å². The topological polar surface area (TPSA) is 27.8 Å². The van der Waals surface area contributed by atoms with Gasteiger partial charge in [0.15, 0.2) is 0 Å². The van der Waals surface area contributed by atoms with Crippen molar-refractivity contribution in [1.82, 2.24) is 10.3 Å². The van der Waals surface area contributed by atoms with Gasteiger partial charge in [0, 0.05) is 28.6 Å². The average molecular weight is 393 g/mol. The molecule has 25 heavy (non-hydrogen) atoms. The molecule has 0 saturated heterocycles. The summed E-state index contributed by atoms with van der Waals surface area (Å²) in [6, 6.07) is 17.6. The lowest BCUT2D eigenvalue weighted by Crippen LogP contribution is -2.32. The Bertz CT molecular complexity index is 922. The molecule has 4 rings (SSSR count). The highest BCUT2D eigenvalue weighted by atomic mass is 79.9. The molecule has 1 aliphatic rings. The molecular formula is C22H21BrN2. The molecule has 0 radical (unpaired) electrons. The highest BCUT2D eigenvalue weighted by Gasteiger charge is 2.14. The van der Waals surface area contributed by atoms with E-state index in [0.29, 0.717) is 6.04 Å². The van der Waals surface area contributed by atoms with E-state index < -0.39 is 0 Å². The minimum Gasteiger partial charge on any atom is -0.360 e. The Balaban J connectivity index is 1.44. The molecule has 0 amide bonds. The van der Waals surface area contributed by atoms with E-state index in [1.807, 2.05) is 6.20 Å². The Labute approximate surface area is 156 Å². The van der Waals surface area contributed by atoms with Gasteiger partial charge in [0.25, 0.3) is 0 Å². The van der Waals surface area contributed by atoms with E-state index in [4.69, 9.17) is 0 Å². The Hall–Kier alpha value is -2.10. The summed E-state index contributed by atoms with van der Waals surface area (Å²) < 4.78 is 1.11. The van der Waals surface area contributed by atoms with Gasteiger partial charge >= 0.3 is 0 Å². The molecule has 1 aliphatic heterocycles. The quantitative estimate of drug-likeness (QED) is 0.578. The molecule has 2 nitrogen and oxygen atoms in total. The van der Waals surface area contributed by atoms with Crippen molar-refractivity contribution in [2.45, 2.75) is 18.9 Å².